The standard InChI is InChI=1S/C18H21N3O2/c1-13(17(22)20-18(19)23)21(2)12-15-10-6-7-11-16(15)14-8-4-3-5-9-14/h3-11,13H,12H2,1-2H3,(H3,19,20,22,23). The predicted octanol–water partition coefficient (Wildman–Crippen LogP) is 2.37. The molecule has 0 heterocycles. The number of primary amides is 1. The van der Waals surface area contributed by atoms with Gasteiger partial charge in [0.25, 0.3) is 0 Å². The summed E-state index contributed by atoms with van der Waals surface area (Å²) in [4.78, 5) is 24.6. The first-order chi connectivity index (χ1) is 11.0. The first-order valence-electron chi connectivity index (χ1n) is 7.43. The van der Waals surface area contributed by atoms with Gasteiger partial charge in [0.1, 0.15) is 0 Å². The van der Waals surface area contributed by atoms with Crippen molar-refractivity contribution in [1.29, 1.82) is 0 Å². The normalized spacial score (nSPS) is 12.0. The van der Waals surface area contributed by atoms with E-state index in [9.17, 15) is 9.59 Å². The third-order valence-electron chi connectivity index (χ3n) is 3.81. The van der Waals surface area contributed by atoms with Crippen molar-refractivity contribution >= 4 is 11.9 Å². The molecule has 0 saturated heterocycles. The zero-order chi connectivity index (χ0) is 16.8. The van der Waals surface area contributed by atoms with Gasteiger partial charge in [-0.1, -0.05) is 54.6 Å². The quantitative estimate of drug-likeness (QED) is 0.890. The van der Waals surface area contributed by atoms with Crippen LogP contribution in [0.2, 0.25) is 0 Å². The Morgan fingerprint density at radius 2 is 1.70 bits per heavy atom. The summed E-state index contributed by atoms with van der Waals surface area (Å²) in [6, 6.07) is 16.9. The van der Waals surface area contributed by atoms with E-state index in [2.05, 4.69) is 23.5 Å². The van der Waals surface area contributed by atoms with Crippen molar-refractivity contribution in [2.45, 2.75) is 19.5 Å². The molecule has 120 valence electrons. The molecule has 2 aromatic carbocycles. The van der Waals surface area contributed by atoms with Crippen LogP contribution in [0.1, 0.15) is 12.5 Å². The number of carbonyl (C=O) groups excluding carboxylic acids is 2. The van der Waals surface area contributed by atoms with Gasteiger partial charge in [-0.25, -0.2) is 4.79 Å². The van der Waals surface area contributed by atoms with Crippen molar-refractivity contribution < 1.29 is 9.59 Å². The Hall–Kier alpha value is -2.66. The molecule has 1 unspecified atom stereocenters. The second-order valence-corrected chi connectivity index (χ2v) is 5.47. The molecule has 0 bridgehead atoms. The maximum atomic E-state index is 11.9. The number of hydrogen-bond acceptors (Lipinski definition) is 3. The van der Waals surface area contributed by atoms with Crippen LogP contribution in [0.25, 0.3) is 11.1 Å². The number of nitrogens with one attached hydrogen (secondary N) is 1. The lowest BCUT2D eigenvalue weighted by Gasteiger charge is -2.24. The molecule has 0 fully saturated rings. The smallest absolute Gasteiger partial charge is 0.318 e. The SMILES string of the molecule is CC(C(=O)NC(N)=O)N(C)Cc1ccccc1-c1ccccc1. The summed E-state index contributed by atoms with van der Waals surface area (Å²) in [5.74, 6) is -0.405. The summed E-state index contributed by atoms with van der Waals surface area (Å²) in [5, 5.41) is 2.11. The monoisotopic (exact) mass is 311 g/mol. The molecule has 5 nitrogen and oxygen atoms in total. The van der Waals surface area contributed by atoms with Crippen LogP contribution >= 0.6 is 0 Å². The molecule has 0 aliphatic carbocycles. The summed E-state index contributed by atoms with van der Waals surface area (Å²) >= 11 is 0. The average molecular weight is 311 g/mol. The molecule has 3 N–H and O–H groups in total. The van der Waals surface area contributed by atoms with Gasteiger partial charge in [-0.3, -0.25) is 15.0 Å². The van der Waals surface area contributed by atoms with Crippen molar-refractivity contribution in [1.82, 2.24) is 10.2 Å². The Kier molecular flexibility index (Phi) is 5.49. The van der Waals surface area contributed by atoms with Gasteiger partial charge >= 0.3 is 6.03 Å². The molecule has 23 heavy (non-hydrogen) atoms. The zero-order valence-electron chi connectivity index (χ0n) is 13.3. The second-order valence-electron chi connectivity index (χ2n) is 5.47. The molecule has 5 heteroatoms. The highest BCUT2D eigenvalue weighted by molar-refractivity contribution is 5.96. The van der Waals surface area contributed by atoms with Crippen LogP contribution in [0.4, 0.5) is 4.79 Å². The van der Waals surface area contributed by atoms with Gasteiger partial charge in [-0.15, -0.1) is 0 Å². The number of imide groups is 1. The number of nitrogens with zero attached hydrogens (tertiary/aromatic N) is 1. The van der Waals surface area contributed by atoms with E-state index in [4.69, 9.17) is 5.73 Å². The molecule has 0 radical (unpaired) electrons. The van der Waals surface area contributed by atoms with E-state index in [-0.39, 0.29) is 0 Å². The topological polar surface area (TPSA) is 75.4 Å². The lowest BCUT2D eigenvalue weighted by molar-refractivity contribution is -0.124. The Labute approximate surface area is 136 Å². The number of rotatable bonds is 5. The predicted molar refractivity (Wildman–Crippen MR) is 90.5 cm³/mol. The second kappa shape index (κ2) is 7.56. The molecule has 2 rings (SSSR count). The fourth-order valence-electron chi connectivity index (χ4n) is 2.39. The third kappa shape index (κ3) is 4.40. The summed E-state index contributed by atoms with van der Waals surface area (Å²) in [6.45, 7) is 2.32. The van der Waals surface area contributed by atoms with Crippen LogP contribution in [0.15, 0.2) is 54.6 Å². The minimum atomic E-state index is -0.833. The molecule has 0 saturated carbocycles. The number of carbonyl (C=O) groups is 2. The van der Waals surface area contributed by atoms with E-state index >= 15 is 0 Å². The lowest BCUT2D eigenvalue weighted by Crippen LogP contribution is -2.46. The number of urea groups is 1. The van der Waals surface area contributed by atoms with E-state index in [0.29, 0.717) is 6.54 Å². The maximum Gasteiger partial charge on any atom is 0.318 e. The van der Waals surface area contributed by atoms with Crippen LogP contribution in [0.5, 0.6) is 0 Å². The van der Waals surface area contributed by atoms with Crippen molar-refractivity contribution in [2.24, 2.45) is 5.73 Å². The number of amides is 3. The molecule has 0 spiro atoms. The first-order valence-corrected chi connectivity index (χ1v) is 7.43. The largest absolute Gasteiger partial charge is 0.351 e. The molecule has 2 aromatic rings. The molecule has 1 atom stereocenters. The molecule has 0 aliphatic heterocycles. The van der Waals surface area contributed by atoms with E-state index in [1.807, 2.05) is 48.3 Å². The highest BCUT2D eigenvalue weighted by Crippen LogP contribution is 2.24. The summed E-state index contributed by atoms with van der Waals surface area (Å²) < 4.78 is 0. The van der Waals surface area contributed by atoms with Gasteiger partial charge in [0.15, 0.2) is 0 Å². The lowest BCUT2D eigenvalue weighted by atomic mass is 9.99. The fraction of sp³-hybridized carbons (Fsp3) is 0.222. The Bertz CT molecular complexity index is 686. The summed E-state index contributed by atoms with van der Waals surface area (Å²) in [6.07, 6.45) is 0. The zero-order valence-corrected chi connectivity index (χ0v) is 13.3. The molecular weight excluding hydrogens is 290 g/mol. The van der Waals surface area contributed by atoms with E-state index in [1.54, 1.807) is 6.92 Å². The van der Waals surface area contributed by atoms with Crippen molar-refractivity contribution in [2.75, 3.05) is 7.05 Å². The third-order valence-corrected chi connectivity index (χ3v) is 3.81. The first kappa shape index (κ1) is 16.7. The molecule has 0 aromatic heterocycles. The van der Waals surface area contributed by atoms with E-state index in [0.717, 1.165) is 16.7 Å². The Balaban J connectivity index is 2.17. The fourth-order valence-corrected chi connectivity index (χ4v) is 2.39. The van der Waals surface area contributed by atoms with Crippen LogP contribution < -0.4 is 11.1 Å². The van der Waals surface area contributed by atoms with Gasteiger partial charge < -0.3 is 5.73 Å². The number of hydrogen-bond donors (Lipinski definition) is 2. The Morgan fingerprint density at radius 3 is 2.35 bits per heavy atom. The van der Waals surface area contributed by atoms with Crippen molar-refractivity contribution in [3.63, 3.8) is 0 Å². The molecular formula is C18H21N3O2. The van der Waals surface area contributed by atoms with Crippen LogP contribution in [-0.4, -0.2) is 29.9 Å². The maximum absolute atomic E-state index is 11.9. The Morgan fingerprint density at radius 1 is 1.09 bits per heavy atom. The van der Waals surface area contributed by atoms with Crippen LogP contribution in [0, 0.1) is 0 Å². The van der Waals surface area contributed by atoms with Gasteiger partial charge in [-0.05, 0) is 30.7 Å². The van der Waals surface area contributed by atoms with Gasteiger partial charge in [0.05, 0.1) is 6.04 Å². The summed E-state index contributed by atoms with van der Waals surface area (Å²) in [7, 11) is 1.84. The summed E-state index contributed by atoms with van der Waals surface area (Å²) in [5.41, 5.74) is 8.36. The van der Waals surface area contributed by atoms with Gasteiger partial charge in [0.2, 0.25) is 5.91 Å². The minimum Gasteiger partial charge on any atom is -0.351 e. The highest BCUT2D eigenvalue weighted by atomic mass is 16.2. The number of likely N-dealkylation sites (N-methyl/N-ethyl adjacent to an activating group) is 1. The number of nitrogens with two attached hydrogens (primary N) is 1. The van der Waals surface area contributed by atoms with Crippen LogP contribution in [0.3, 0.4) is 0 Å². The average Bonchev–Trinajstić information content (AvgIpc) is 2.54. The van der Waals surface area contributed by atoms with Crippen molar-refractivity contribution in [3.8, 4) is 11.1 Å². The van der Waals surface area contributed by atoms with Crippen molar-refractivity contribution in [3.05, 3.63) is 60.2 Å². The minimum absolute atomic E-state index is 0.405. The van der Waals surface area contributed by atoms with Crippen LogP contribution in [-0.2, 0) is 11.3 Å². The van der Waals surface area contributed by atoms with Gasteiger partial charge in [0, 0.05) is 6.54 Å². The molecule has 3 amide bonds. The highest BCUT2D eigenvalue weighted by Gasteiger charge is 2.20. The van der Waals surface area contributed by atoms with Gasteiger partial charge in [-0.2, -0.15) is 0 Å². The number of benzene rings is 2. The van der Waals surface area contributed by atoms with E-state index < -0.39 is 18.0 Å². The molecule has 0 aliphatic rings. The van der Waals surface area contributed by atoms with E-state index in [1.165, 1.54) is 0 Å².